The summed E-state index contributed by atoms with van der Waals surface area (Å²) < 4.78 is 74.4. The van der Waals surface area contributed by atoms with E-state index in [-0.39, 0.29) is 22.0 Å². The number of halogens is 8. The molecule has 2 rings (SSSR count). The number of nitriles is 1. The van der Waals surface area contributed by atoms with Gasteiger partial charge in [-0.05, 0) is 44.0 Å². The van der Waals surface area contributed by atoms with Gasteiger partial charge in [-0.15, -0.1) is 0 Å². The van der Waals surface area contributed by atoms with Crippen molar-refractivity contribution in [3.8, 4) is 6.07 Å². The van der Waals surface area contributed by atoms with Crippen LogP contribution in [-0.4, -0.2) is 32.6 Å². The van der Waals surface area contributed by atoms with Gasteiger partial charge >= 0.3 is 18.3 Å². The Morgan fingerprint density at radius 2 is 1.30 bits per heavy atom. The van der Waals surface area contributed by atoms with Crippen molar-refractivity contribution in [3.63, 3.8) is 0 Å². The first-order chi connectivity index (χ1) is 15.0. The van der Waals surface area contributed by atoms with Crippen molar-refractivity contribution in [3.05, 3.63) is 65.3 Å². The van der Waals surface area contributed by atoms with Crippen molar-refractivity contribution < 1.29 is 36.2 Å². The van der Waals surface area contributed by atoms with Gasteiger partial charge in [-0.2, -0.15) is 31.6 Å². The molecule has 7 nitrogen and oxygen atoms in total. The Bertz CT molecular complexity index is 1170. The minimum Gasteiger partial charge on any atom is -0.481 e. The van der Waals surface area contributed by atoms with Crippen molar-refractivity contribution in [2.24, 2.45) is 0 Å². The van der Waals surface area contributed by atoms with Crippen molar-refractivity contribution in [2.45, 2.75) is 38.3 Å². The van der Waals surface area contributed by atoms with Gasteiger partial charge in [0, 0.05) is 32.5 Å². The predicted octanol–water partition coefficient (Wildman–Crippen LogP) is 4.04. The Labute approximate surface area is 198 Å². The van der Waals surface area contributed by atoms with Gasteiger partial charge in [0.2, 0.25) is 0 Å². The molecule has 0 amide bonds. The first-order valence-electron chi connectivity index (χ1n) is 8.52. The van der Waals surface area contributed by atoms with Gasteiger partial charge in [0.05, 0.1) is 18.9 Å². The standard InChI is InChI=1S/C9H6BrF3N2O.C9H7BrF3NO3/c10-7-3-6(1-2-14)8(16)15(4-7)5-9(11,12)13;10-6-1-5(2-7(15)16)8(17)14(3-6)4-9(11,12)13/h3-4H,1,5H2;1,3H,2,4H2,(H,15,16). The molecule has 0 aliphatic heterocycles. The van der Waals surface area contributed by atoms with Gasteiger partial charge < -0.3 is 14.2 Å². The number of carboxylic acid groups (broad SMARTS) is 1. The molecule has 180 valence electrons. The summed E-state index contributed by atoms with van der Waals surface area (Å²) in [5, 5.41) is 16.9. The van der Waals surface area contributed by atoms with Crippen LogP contribution in [0.15, 0.2) is 43.1 Å². The van der Waals surface area contributed by atoms with E-state index in [9.17, 15) is 40.7 Å². The number of hydrogen-bond donors (Lipinski definition) is 1. The summed E-state index contributed by atoms with van der Waals surface area (Å²) in [7, 11) is 0. The number of aliphatic carboxylic acids is 1. The minimum absolute atomic E-state index is 0.0427. The van der Waals surface area contributed by atoms with Gasteiger partial charge in [0.15, 0.2) is 0 Å². The zero-order valence-corrected chi connectivity index (χ0v) is 19.3. The van der Waals surface area contributed by atoms with Gasteiger partial charge in [0.25, 0.3) is 11.1 Å². The summed E-state index contributed by atoms with van der Waals surface area (Å²) in [5.74, 6) is -1.28. The van der Waals surface area contributed by atoms with Gasteiger partial charge in [-0.3, -0.25) is 14.4 Å². The Balaban J connectivity index is 0.000000331. The number of carbonyl (C=O) groups is 1. The van der Waals surface area contributed by atoms with E-state index in [0.717, 1.165) is 12.4 Å². The Morgan fingerprint density at radius 3 is 1.67 bits per heavy atom. The smallest absolute Gasteiger partial charge is 0.406 e. The van der Waals surface area contributed by atoms with Crippen molar-refractivity contribution in [1.29, 1.82) is 5.26 Å². The molecule has 33 heavy (non-hydrogen) atoms. The topological polar surface area (TPSA) is 105 Å². The van der Waals surface area contributed by atoms with Crippen LogP contribution >= 0.6 is 31.9 Å². The molecule has 0 radical (unpaired) electrons. The van der Waals surface area contributed by atoms with E-state index in [1.54, 1.807) is 6.07 Å². The van der Waals surface area contributed by atoms with E-state index in [4.69, 9.17) is 10.4 Å². The molecule has 0 atom stereocenters. The Kier molecular flexibility index (Phi) is 9.91. The normalized spacial score (nSPS) is 11.4. The highest BCUT2D eigenvalue weighted by Gasteiger charge is 2.29. The number of nitrogens with zero attached hydrogens (tertiary/aromatic N) is 3. The molecule has 0 saturated carbocycles. The lowest BCUT2D eigenvalue weighted by Crippen LogP contribution is -2.30. The molecule has 1 N–H and O–H groups in total. The molecular formula is C18H13Br2F6N3O4. The molecule has 0 fully saturated rings. The first-order valence-corrected chi connectivity index (χ1v) is 10.1. The molecule has 0 unspecified atom stereocenters. The Morgan fingerprint density at radius 1 is 0.909 bits per heavy atom. The number of pyridine rings is 2. The summed E-state index contributed by atoms with van der Waals surface area (Å²) in [6, 6.07) is 4.27. The van der Waals surface area contributed by atoms with Crippen LogP contribution in [0.25, 0.3) is 0 Å². The second-order valence-electron chi connectivity index (χ2n) is 6.37. The zero-order valence-electron chi connectivity index (χ0n) is 16.2. The van der Waals surface area contributed by atoms with Gasteiger partial charge in [-0.25, -0.2) is 0 Å². The second kappa shape index (κ2) is 11.5. The third kappa shape index (κ3) is 10.3. The minimum atomic E-state index is -4.54. The van der Waals surface area contributed by atoms with Crippen LogP contribution in [0.2, 0.25) is 0 Å². The van der Waals surface area contributed by atoms with E-state index in [2.05, 4.69) is 31.9 Å². The fraction of sp³-hybridized carbons (Fsp3) is 0.333. The third-order valence-electron chi connectivity index (χ3n) is 3.56. The molecule has 2 heterocycles. The molecule has 0 aromatic carbocycles. The average molecular weight is 609 g/mol. The molecule has 0 spiro atoms. The highest BCUT2D eigenvalue weighted by atomic mass is 79.9. The number of hydrogen-bond acceptors (Lipinski definition) is 4. The maximum absolute atomic E-state index is 12.2. The quantitative estimate of drug-likeness (QED) is 0.516. The van der Waals surface area contributed by atoms with E-state index < -0.39 is 49.0 Å². The van der Waals surface area contributed by atoms with Crippen LogP contribution < -0.4 is 11.1 Å². The SMILES string of the molecule is N#CCc1cc(Br)cn(CC(F)(F)F)c1=O.O=C(O)Cc1cc(Br)cn(CC(F)(F)F)c1=O. The van der Waals surface area contributed by atoms with Crippen LogP contribution in [0.5, 0.6) is 0 Å². The summed E-state index contributed by atoms with van der Waals surface area (Å²) in [6.07, 6.45) is -7.80. The largest absolute Gasteiger partial charge is 0.481 e. The summed E-state index contributed by atoms with van der Waals surface area (Å²) in [6.45, 7) is -2.80. The molecule has 0 saturated heterocycles. The monoisotopic (exact) mass is 607 g/mol. The zero-order chi connectivity index (χ0) is 25.6. The van der Waals surface area contributed by atoms with E-state index >= 15 is 0 Å². The second-order valence-corrected chi connectivity index (χ2v) is 8.20. The molecule has 15 heteroatoms. The molecular weight excluding hydrogens is 596 g/mol. The molecule has 0 aliphatic carbocycles. The van der Waals surface area contributed by atoms with Crippen LogP contribution in [0.4, 0.5) is 26.3 Å². The van der Waals surface area contributed by atoms with Crippen LogP contribution in [0, 0.1) is 11.3 Å². The lowest BCUT2D eigenvalue weighted by atomic mass is 10.2. The highest BCUT2D eigenvalue weighted by molar-refractivity contribution is 9.10. The molecule has 0 bridgehead atoms. The maximum Gasteiger partial charge on any atom is 0.406 e. The highest BCUT2D eigenvalue weighted by Crippen LogP contribution is 2.19. The summed E-state index contributed by atoms with van der Waals surface area (Å²) >= 11 is 5.91. The van der Waals surface area contributed by atoms with E-state index in [0.29, 0.717) is 13.6 Å². The Hall–Kier alpha value is -2.60. The van der Waals surface area contributed by atoms with Crippen molar-refractivity contribution in [1.82, 2.24) is 9.13 Å². The molecule has 0 aliphatic rings. The fourth-order valence-corrected chi connectivity index (χ4v) is 3.48. The first kappa shape index (κ1) is 28.4. The number of alkyl halides is 6. The number of carboxylic acids is 1. The predicted molar refractivity (Wildman–Crippen MR) is 110 cm³/mol. The van der Waals surface area contributed by atoms with Crippen LogP contribution in [0.3, 0.4) is 0 Å². The lowest BCUT2D eigenvalue weighted by Gasteiger charge is -2.11. The summed E-state index contributed by atoms with van der Waals surface area (Å²) in [5.41, 5.74) is -1.90. The fourth-order valence-electron chi connectivity index (χ4n) is 2.44. The van der Waals surface area contributed by atoms with E-state index in [1.807, 2.05) is 0 Å². The van der Waals surface area contributed by atoms with Gasteiger partial charge in [0.1, 0.15) is 13.1 Å². The average Bonchev–Trinajstić information content (AvgIpc) is 2.61. The van der Waals surface area contributed by atoms with Gasteiger partial charge in [-0.1, -0.05) is 0 Å². The van der Waals surface area contributed by atoms with Crippen LogP contribution in [-0.2, 0) is 30.7 Å². The van der Waals surface area contributed by atoms with Crippen LogP contribution in [0.1, 0.15) is 11.1 Å². The third-order valence-corrected chi connectivity index (χ3v) is 4.43. The number of aromatic nitrogens is 2. The maximum atomic E-state index is 12.2. The van der Waals surface area contributed by atoms with Crippen molar-refractivity contribution in [2.75, 3.05) is 0 Å². The summed E-state index contributed by atoms with van der Waals surface area (Å²) in [4.78, 5) is 33.4. The number of rotatable bonds is 5. The van der Waals surface area contributed by atoms with E-state index in [1.165, 1.54) is 12.1 Å². The molecule has 2 aromatic heterocycles. The molecule has 2 aromatic rings. The van der Waals surface area contributed by atoms with Crippen molar-refractivity contribution >= 4 is 37.8 Å². The lowest BCUT2D eigenvalue weighted by molar-refractivity contribution is -0.142.